The van der Waals surface area contributed by atoms with Crippen LogP contribution < -0.4 is 9.62 Å². The highest BCUT2D eigenvalue weighted by Gasteiger charge is 2.27. The van der Waals surface area contributed by atoms with Crippen LogP contribution in [0.5, 0.6) is 0 Å². The van der Waals surface area contributed by atoms with Crippen molar-refractivity contribution in [2.45, 2.75) is 31.2 Å². The number of carbonyl (C=O) groups excluding carboxylic acids is 1. The first-order chi connectivity index (χ1) is 15.0. The van der Waals surface area contributed by atoms with Crippen LogP contribution in [0, 0.1) is 5.92 Å². The molecule has 0 aliphatic carbocycles. The van der Waals surface area contributed by atoms with Gasteiger partial charge in [-0.3, -0.25) is 4.79 Å². The molecule has 1 saturated heterocycles. The van der Waals surface area contributed by atoms with E-state index in [-0.39, 0.29) is 5.92 Å². The maximum Gasteiger partial charge on any atom is 0.327 e. The van der Waals surface area contributed by atoms with E-state index >= 15 is 0 Å². The number of hydrogen-bond acceptors (Lipinski definition) is 7. The molecule has 3 aromatic rings. The summed E-state index contributed by atoms with van der Waals surface area (Å²) in [6.45, 7) is 7.19. The lowest BCUT2D eigenvalue weighted by molar-refractivity contribution is -0.143. The number of fused-ring (bicyclic) bond motifs is 3. The van der Waals surface area contributed by atoms with E-state index in [4.69, 9.17) is 13.9 Å². The number of methoxy groups -OCH3 is 1. The fourth-order valence-corrected chi connectivity index (χ4v) is 4.89. The monoisotopic (exact) mass is 444 g/mol. The predicted octanol–water partition coefficient (Wildman–Crippen LogP) is 3.62. The minimum absolute atomic E-state index is 0.259. The van der Waals surface area contributed by atoms with Crippen LogP contribution in [-0.4, -0.2) is 50.0 Å². The summed E-state index contributed by atoms with van der Waals surface area (Å²) >= 11 is -1.56. The summed E-state index contributed by atoms with van der Waals surface area (Å²) in [4.78, 5) is 14.9. The number of hydrogen-bond donors (Lipinski definition) is 1. The molecule has 0 radical (unpaired) electrons. The van der Waals surface area contributed by atoms with E-state index in [0.717, 1.165) is 53.9 Å². The maximum atomic E-state index is 13.0. The van der Waals surface area contributed by atoms with Gasteiger partial charge in [-0.2, -0.15) is 0 Å². The Labute approximate surface area is 185 Å². The second kappa shape index (κ2) is 9.48. The second-order valence-corrected chi connectivity index (χ2v) is 9.38. The molecule has 1 N–H and O–H groups in total. The molecule has 7 nitrogen and oxygen atoms in total. The SMILES string of the molecule is COC(=O)C(CC(C)C)N[S+]([O-])c1ccc2oc3cc(N4CCOCC4)ccc3c2c1. The van der Waals surface area contributed by atoms with Gasteiger partial charge in [-0.05, 0) is 36.6 Å². The van der Waals surface area contributed by atoms with Crippen LogP contribution in [-0.2, 0) is 25.6 Å². The number of furan rings is 1. The molecule has 166 valence electrons. The van der Waals surface area contributed by atoms with Gasteiger partial charge in [0.05, 0.1) is 31.7 Å². The number of anilines is 1. The molecule has 1 aromatic heterocycles. The van der Waals surface area contributed by atoms with Gasteiger partial charge in [0.15, 0.2) is 10.9 Å². The van der Waals surface area contributed by atoms with Gasteiger partial charge >= 0.3 is 5.97 Å². The van der Waals surface area contributed by atoms with E-state index in [0.29, 0.717) is 11.3 Å². The summed E-state index contributed by atoms with van der Waals surface area (Å²) in [5, 5.41) is 1.87. The smallest absolute Gasteiger partial charge is 0.327 e. The lowest BCUT2D eigenvalue weighted by atomic mass is 10.1. The van der Waals surface area contributed by atoms with Crippen LogP contribution in [0.25, 0.3) is 21.9 Å². The van der Waals surface area contributed by atoms with E-state index in [1.54, 1.807) is 6.07 Å². The predicted molar refractivity (Wildman–Crippen MR) is 122 cm³/mol. The van der Waals surface area contributed by atoms with Crippen LogP contribution in [0.2, 0.25) is 0 Å². The lowest BCUT2D eigenvalue weighted by Gasteiger charge is -2.28. The Morgan fingerprint density at radius 2 is 1.94 bits per heavy atom. The van der Waals surface area contributed by atoms with Gasteiger partial charge in [0.25, 0.3) is 0 Å². The number of rotatable bonds is 7. The average Bonchev–Trinajstić information content (AvgIpc) is 3.15. The molecule has 0 spiro atoms. The summed E-state index contributed by atoms with van der Waals surface area (Å²) in [6, 6.07) is 11.0. The van der Waals surface area contributed by atoms with Crippen molar-refractivity contribution in [2.75, 3.05) is 38.3 Å². The van der Waals surface area contributed by atoms with Gasteiger partial charge < -0.3 is 23.3 Å². The largest absolute Gasteiger partial charge is 0.593 e. The van der Waals surface area contributed by atoms with Gasteiger partial charge in [-0.1, -0.05) is 13.8 Å². The Kier molecular flexibility index (Phi) is 6.71. The molecule has 4 rings (SSSR count). The first-order valence-electron chi connectivity index (χ1n) is 10.5. The van der Waals surface area contributed by atoms with Crippen LogP contribution in [0.4, 0.5) is 5.69 Å². The quantitative estimate of drug-likeness (QED) is 0.440. The van der Waals surface area contributed by atoms with E-state index in [9.17, 15) is 9.35 Å². The molecule has 2 heterocycles. The molecular weight excluding hydrogens is 416 g/mol. The Morgan fingerprint density at radius 3 is 2.65 bits per heavy atom. The van der Waals surface area contributed by atoms with Gasteiger partial charge in [-0.15, -0.1) is 4.72 Å². The summed E-state index contributed by atoms with van der Waals surface area (Å²) in [7, 11) is 1.34. The zero-order valence-electron chi connectivity index (χ0n) is 18.1. The molecule has 1 fully saturated rings. The third-order valence-electron chi connectivity index (χ3n) is 5.46. The number of nitrogens with zero attached hydrogens (tertiary/aromatic N) is 1. The third kappa shape index (κ3) is 4.82. The van der Waals surface area contributed by atoms with Crippen molar-refractivity contribution in [1.82, 2.24) is 4.72 Å². The molecule has 0 bridgehead atoms. The number of nitrogens with one attached hydrogen (secondary N) is 1. The minimum atomic E-state index is -1.56. The summed E-state index contributed by atoms with van der Waals surface area (Å²) in [5.41, 5.74) is 2.64. The van der Waals surface area contributed by atoms with Crippen molar-refractivity contribution in [2.24, 2.45) is 5.92 Å². The van der Waals surface area contributed by atoms with Crippen molar-refractivity contribution >= 4 is 45.0 Å². The van der Waals surface area contributed by atoms with E-state index in [1.807, 2.05) is 38.1 Å². The summed E-state index contributed by atoms with van der Waals surface area (Å²) in [6.07, 6.45) is 0.541. The van der Waals surface area contributed by atoms with Crippen molar-refractivity contribution in [3.63, 3.8) is 0 Å². The zero-order chi connectivity index (χ0) is 22.0. The Morgan fingerprint density at radius 1 is 1.16 bits per heavy atom. The molecule has 31 heavy (non-hydrogen) atoms. The van der Waals surface area contributed by atoms with Crippen molar-refractivity contribution in [3.05, 3.63) is 36.4 Å². The topological polar surface area (TPSA) is 87.0 Å². The molecular formula is C23H28N2O5S. The molecule has 1 aliphatic rings. The average molecular weight is 445 g/mol. The second-order valence-electron chi connectivity index (χ2n) is 8.13. The first-order valence-corrected chi connectivity index (χ1v) is 11.7. The normalized spacial score (nSPS) is 16.7. The fourth-order valence-electron chi connectivity index (χ4n) is 3.88. The highest BCUT2D eigenvalue weighted by Crippen LogP contribution is 2.33. The lowest BCUT2D eigenvalue weighted by Crippen LogP contribution is -2.42. The molecule has 1 aliphatic heterocycles. The molecule has 8 heteroatoms. The van der Waals surface area contributed by atoms with Crippen molar-refractivity contribution in [3.8, 4) is 0 Å². The van der Waals surface area contributed by atoms with Gasteiger partial charge in [0.1, 0.15) is 11.2 Å². The molecule has 2 aromatic carbocycles. The minimum Gasteiger partial charge on any atom is -0.593 e. The summed E-state index contributed by atoms with van der Waals surface area (Å²) < 4.78 is 32.2. The van der Waals surface area contributed by atoms with Crippen LogP contribution in [0.1, 0.15) is 20.3 Å². The standard InChI is InChI=1S/C23H28N2O5S/c1-15(2)12-20(23(26)28-3)24-31(27)17-5-7-21-19(14-17)18-6-4-16(13-22(18)30-21)25-8-10-29-11-9-25/h4-7,13-15,20,24H,8-12H2,1-3H3. The number of benzene rings is 2. The maximum absolute atomic E-state index is 13.0. The molecule has 0 saturated carbocycles. The molecule has 2 unspecified atom stereocenters. The van der Waals surface area contributed by atoms with Gasteiger partial charge in [0.2, 0.25) is 0 Å². The Hall–Kier alpha value is -2.26. The van der Waals surface area contributed by atoms with Crippen molar-refractivity contribution in [1.29, 1.82) is 0 Å². The van der Waals surface area contributed by atoms with Gasteiger partial charge in [0, 0.05) is 41.7 Å². The van der Waals surface area contributed by atoms with Crippen molar-refractivity contribution < 1.29 is 23.2 Å². The number of morpholine rings is 1. The van der Waals surface area contributed by atoms with Crippen LogP contribution >= 0.6 is 0 Å². The van der Waals surface area contributed by atoms with Gasteiger partial charge in [-0.25, -0.2) is 0 Å². The van der Waals surface area contributed by atoms with Crippen LogP contribution in [0.3, 0.4) is 0 Å². The first kappa shape index (κ1) is 22.0. The molecule has 0 amide bonds. The fraction of sp³-hybridized carbons (Fsp3) is 0.435. The highest BCUT2D eigenvalue weighted by atomic mass is 32.2. The highest BCUT2D eigenvalue weighted by molar-refractivity contribution is 7.89. The Balaban J connectivity index is 1.60. The zero-order valence-corrected chi connectivity index (χ0v) is 18.9. The van der Waals surface area contributed by atoms with E-state index in [2.05, 4.69) is 15.7 Å². The van der Waals surface area contributed by atoms with E-state index in [1.165, 1.54) is 7.11 Å². The van der Waals surface area contributed by atoms with E-state index < -0.39 is 23.4 Å². The number of esters is 1. The number of carbonyl (C=O) groups is 1. The molecule has 2 atom stereocenters. The third-order valence-corrected chi connectivity index (χ3v) is 6.64. The summed E-state index contributed by atoms with van der Waals surface area (Å²) in [5.74, 6) is -0.151. The Bertz CT molecular complexity index is 1060. The number of ether oxygens (including phenoxy) is 2. The van der Waals surface area contributed by atoms with Crippen LogP contribution in [0.15, 0.2) is 45.7 Å².